The van der Waals surface area contributed by atoms with Crippen LogP contribution >= 0.6 is 0 Å². The highest BCUT2D eigenvalue weighted by atomic mass is 16.5. The molecule has 3 aromatic carbocycles. The summed E-state index contributed by atoms with van der Waals surface area (Å²) in [6, 6.07) is 23.1. The molecule has 30 heavy (non-hydrogen) atoms. The summed E-state index contributed by atoms with van der Waals surface area (Å²) >= 11 is 0. The second-order valence-electron chi connectivity index (χ2n) is 6.98. The van der Waals surface area contributed by atoms with Crippen LogP contribution in [0, 0.1) is 13.8 Å². The molecule has 0 bridgehead atoms. The maximum atomic E-state index is 12.9. The summed E-state index contributed by atoms with van der Waals surface area (Å²) < 4.78 is 7.04. The number of carbonyl (C=O) groups excluding carboxylic acids is 1. The minimum atomic E-state index is -0.403. The summed E-state index contributed by atoms with van der Waals surface area (Å²) in [5.74, 6) is 0.859. The van der Waals surface area contributed by atoms with Crippen molar-refractivity contribution in [3.63, 3.8) is 0 Å². The highest BCUT2D eigenvalue weighted by Gasteiger charge is 2.20. The molecule has 0 atom stereocenters. The Morgan fingerprint density at radius 2 is 1.63 bits per heavy atom. The smallest absolute Gasteiger partial charge is 0.295 e. The number of nitrogens with zero attached hydrogens (tertiary/aromatic N) is 3. The fourth-order valence-corrected chi connectivity index (χ4v) is 3.19. The summed E-state index contributed by atoms with van der Waals surface area (Å²) in [6.07, 6.45) is 0. The van der Waals surface area contributed by atoms with Crippen molar-refractivity contribution in [3.8, 4) is 22.8 Å². The predicted octanol–water partition coefficient (Wildman–Crippen LogP) is 4.81. The number of amides is 1. The highest BCUT2D eigenvalue weighted by molar-refractivity contribution is 6.02. The van der Waals surface area contributed by atoms with E-state index in [0.29, 0.717) is 17.3 Å². The van der Waals surface area contributed by atoms with E-state index in [1.54, 1.807) is 23.9 Å². The van der Waals surface area contributed by atoms with Gasteiger partial charge in [0.15, 0.2) is 5.82 Å². The molecule has 1 amide bonds. The Morgan fingerprint density at radius 1 is 0.933 bits per heavy atom. The van der Waals surface area contributed by atoms with E-state index < -0.39 is 5.91 Å². The lowest BCUT2D eigenvalue weighted by atomic mass is 10.1. The standard InChI is InChI=1S/C24H22N4O2/c1-16-12-14-18(15-13-16)23-26-22(27-28(23)20-10-6-4-8-17(20)2)24(29)25-19-9-5-7-11-21(19)30-3/h4-15H,1-3H3,(H,25,29). The van der Waals surface area contributed by atoms with E-state index in [9.17, 15) is 4.79 Å². The van der Waals surface area contributed by atoms with Crippen LogP contribution in [0.5, 0.6) is 5.75 Å². The van der Waals surface area contributed by atoms with Crippen molar-refractivity contribution >= 4 is 11.6 Å². The SMILES string of the molecule is COc1ccccc1NC(=O)c1nc(-c2ccc(C)cc2)n(-c2ccccc2C)n1. The molecule has 1 heterocycles. The summed E-state index contributed by atoms with van der Waals surface area (Å²) in [5, 5.41) is 7.39. The summed E-state index contributed by atoms with van der Waals surface area (Å²) in [6.45, 7) is 4.03. The lowest BCUT2D eigenvalue weighted by Gasteiger charge is -2.09. The van der Waals surface area contributed by atoms with Crippen molar-refractivity contribution in [3.05, 3.63) is 89.7 Å². The van der Waals surface area contributed by atoms with Gasteiger partial charge in [-0.25, -0.2) is 9.67 Å². The molecule has 6 nitrogen and oxygen atoms in total. The molecule has 0 aliphatic heterocycles. The number of nitrogens with one attached hydrogen (secondary N) is 1. The normalized spacial score (nSPS) is 10.6. The van der Waals surface area contributed by atoms with Gasteiger partial charge in [-0.3, -0.25) is 4.79 Å². The molecule has 4 rings (SSSR count). The van der Waals surface area contributed by atoms with Crippen molar-refractivity contribution in [2.45, 2.75) is 13.8 Å². The van der Waals surface area contributed by atoms with Crippen LogP contribution in [0.2, 0.25) is 0 Å². The number of hydrogen-bond acceptors (Lipinski definition) is 4. The van der Waals surface area contributed by atoms with Gasteiger partial charge < -0.3 is 10.1 Å². The maximum Gasteiger partial charge on any atom is 0.295 e. The number of rotatable bonds is 5. The number of aromatic nitrogens is 3. The van der Waals surface area contributed by atoms with Gasteiger partial charge in [0, 0.05) is 5.56 Å². The summed E-state index contributed by atoms with van der Waals surface area (Å²) in [7, 11) is 1.56. The topological polar surface area (TPSA) is 69.0 Å². The molecule has 4 aromatic rings. The number of ether oxygens (including phenoxy) is 1. The van der Waals surface area contributed by atoms with Crippen molar-refractivity contribution in [2.75, 3.05) is 12.4 Å². The van der Waals surface area contributed by atoms with E-state index in [1.807, 2.05) is 74.5 Å². The number of aryl methyl sites for hydroxylation is 2. The molecule has 0 aliphatic carbocycles. The number of carbonyl (C=O) groups is 1. The Hall–Kier alpha value is -3.93. The average Bonchev–Trinajstić information content (AvgIpc) is 3.20. The van der Waals surface area contributed by atoms with Gasteiger partial charge in [-0.2, -0.15) is 0 Å². The van der Waals surface area contributed by atoms with Crippen LogP contribution in [-0.4, -0.2) is 27.8 Å². The van der Waals surface area contributed by atoms with Crippen LogP contribution < -0.4 is 10.1 Å². The van der Waals surface area contributed by atoms with Gasteiger partial charge in [-0.15, -0.1) is 5.10 Å². The Balaban J connectivity index is 1.78. The minimum absolute atomic E-state index is 0.0831. The third kappa shape index (κ3) is 3.80. The van der Waals surface area contributed by atoms with Gasteiger partial charge in [-0.05, 0) is 37.6 Å². The van der Waals surface area contributed by atoms with Gasteiger partial charge in [0.1, 0.15) is 5.75 Å². The first-order valence-corrected chi connectivity index (χ1v) is 9.61. The molecule has 0 saturated carbocycles. The van der Waals surface area contributed by atoms with Crippen LogP contribution in [0.3, 0.4) is 0 Å². The molecule has 0 radical (unpaired) electrons. The van der Waals surface area contributed by atoms with Gasteiger partial charge >= 0.3 is 0 Å². The van der Waals surface area contributed by atoms with E-state index in [4.69, 9.17) is 4.74 Å². The Kier molecular flexibility index (Phi) is 5.30. The van der Waals surface area contributed by atoms with Gasteiger partial charge in [0.25, 0.3) is 5.91 Å². The van der Waals surface area contributed by atoms with E-state index in [1.165, 1.54) is 0 Å². The number of anilines is 1. The largest absolute Gasteiger partial charge is 0.495 e. The van der Waals surface area contributed by atoms with Crippen molar-refractivity contribution in [1.29, 1.82) is 0 Å². The molecule has 0 fully saturated rings. The molecule has 1 N–H and O–H groups in total. The van der Waals surface area contributed by atoms with Crippen molar-refractivity contribution in [2.24, 2.45) is 0 Å². The monoisotopic (exact) mass is 398 g/mol. The third-order valence-electron chi connectivity index (χ3n) is 4.82. The average molecular weight is 398 g/mol. The Bertz CT molecular complexity index is 1200. The minimum Gasteiger partial charge on any atom is -0.495 e. The predicted molar refractivity (Wildman–Crippen MR) is 117 cm³/mol. The maximum absolute atomic E-state index is 12.9. The van der Waals surface area contributed by atoms with Crippen LogP contribution in [0.25, 0.3) is 17.1 Å². The van der Waals surface area contributed by atoms with Crippen molar-refractivity contribution in [1.82, 2.24) is 14.8 Å². The fraction of sp³-hybridized carbons (Fsp3) is 0.125. The quantitative estimate of drug-likeness (QED) is 0.524. The van der Waals surface area contributed by atoms with Crippen molar-refractivity contribution < 1.29 is 9.53 Å². The third-order valence-corrected chi connectivity index (χ3v) is 4.82. The zero-order valence-electron chi connectivity index (χ0n) is 17.1. The number of hydrogen-bond donors (Lipinski definition) is 1. The van der Waals surface area contributed by atoms with Crippen LogP contribution in [0.1, 0.15) is 21.7 Å². The van der Waals surface area contributed by atoms with Gasteiger partial charge in [0.2, 0.25) is 5.82 Å². The van der Waals surface area contributed by atoms with E-state index in [2.05, 4.69) is 15.4 Å². The zero-order valence-corrected chi connectivity index (χ0v) is 17.1. The van der Waals surface area contributed by atoms with Crippen LogP contribution in [0.15, 0.2) is 72.8 Å². The van der Waals surface area contributed by atoms with Crippen LogP contribution in [0.4, 0.5) is 5.69 Å². The summed E-state index contributed by atoms with van der Waals surface area (Å²) in [5.41, 5.74) is 4.50. The summed E-state index contributed by atoms with van der Waals surface area (Å²) in [4.78, 5) is 17.5. The first-order chi connectivity index (χ1) is 14.6. The second-order valence-corrected chi connectivity index (χ2v) is 6.98. The van der Waals surface area contributed by atoms with E-state index >= 15 is 0 Å². The van der Waals surface area contributed by atoms with Gasteiger partial charge in [-0.1, -0.05) is 60.2 Å². The Morgan fingerprint density at radius 3 is 2.37 bits per heavy atom. The molecule has 0 spiro atoms. The number of methoxy groups -OCH3 is 1. The Labute approximate surface area is 175 Å². The lowest BCUT2D eigenvalue weighted by molar-refractivity contribution is 0.101. The zero-order chi connectivity index (χ0) is 21.1. The molecular formula is C24H22N4O2. The van der Waals surface area contributed by atoms with Crippen LogP contribution in [-0.2, 0) is 0 Å². The lowest BCUT2D eigenvalue weighted by Crippen LogP contribution is -2.15. The fourth-order valence-electron chi connectivity index (χ4n) is 3.19. The second kappa shape index (κ2) is 8.21. The molecule has 6 heteroatoms. The highest BCUT2D eigenvalue weighted by Crippen LogP contribution is 2.26. The number of para-hydroxylation sites is 3. The van der Waals surface area contributed by atoms with Gasteiger partial charge in [0.05, 0.1) is 18.5 Å². The molecule has 0 aliphatic rings. The van der Waals surface area contributed by atoms with E-state index in [-0.39, 0.29) is 5.82 Å². The molecule has 0 unspecified atom stereocenters. The first kappa shape index (κ1) is 19.4. The molecule has 150 valence electrons. The first-order valence-electron chi connectivity index (χ1n) is 9.61. The molecular weight excluding hydrogens is 376 g/mol. The molecule has 1 aromatic heterocycles. The number of benzene rings is 3. The molecule has 0 saturated heterocycles. The van der Waals surface area contributed by atoms with E-state index in [0.717, 1.165) is 22.4 Å².